The smallest absolute Gasteiger partial charge is 0.231 e. The zero-order chi connectivity index (χ0) is 23.1. The first kappa shape index (κ1) is 20.6. The molecule has 0 spiro atoms. The quantitative estimate of drug-likeness (QED) is 0.421. The van der Waals surface area contributed by atoms with E-state index >= 15 is 0 Å². The molecular formula is C26H22N4O3S. The van der Waals surface area contributed by atoms with Crippen LogP contribution in [-0.4, -0.2) is 28.6 Å². The van der Waals surface area contributed by atoms with Crippen LogP contribution >= 0.6 is 12.2 Å². The van der Waals surface area contributed by atoms with Gasteiger partial charge in [-0.2, -0.15) is 0 Å². The lowest BCUT2D eigenvalue weighted by Gasteiger charge is -2.29. The zero-order valence-corrected chi connectivity index (χ0v) is 19.2. The molecule has 0 unspecified atom stereocenters. The molecule has 170 valence electrons. The summed E-state index contributed by atoms with van der Waals surface area (Å²) in [6.45, 7) is 0.224. The first-order valence-corrected chi connectivity index (χ1v) is 11.4. The number of rotatable bonds is 5. The molecule has 6 rings (SSSR count). The SMILES string of the molecule is COc1ccc(-n2cccc2[C@@H]2[C@@H](c3ccccn3)NC(=S)N2c2ccc3c(c2)OCO3)cc1. The fourth-order valence-electron chi connectivity index (χ4n) is 4.58. The summed E-state index contributed by atoms with van der Waals surface area (Å²) in [6.07, 6.45) is 3.87. The first-order valence-electron chi connectivity index (χ1n) is 10.9. The molecule has 0 radical (unpaired) electrons. The number of aromatic nitrogens is 2. The lowest BCUT2D eigenvalue weighted by atomic mass is 10.0. The minimum absolute atomic E-state index is 0.147. The normalized spacial score (nSPS) is 18.7. The third-order valence-corrected chi connectivity index (χ3v) is 6.48. The Morgan fingerprint density at radius 2 is 1.79 bits per heavy atom. The highest BCUT2D eigenvalue weighted by Crippen LogP contribution is 2.44. The standard InChI is InChI=1S/C26H22N4O3S/c1-31-19-10-7-17(8-11-19)29-14-4-6-21(29)25-24(20-5-2-3-13-27-20)28-26(34)30(25)18-9-12-22-23(15-18)33-16-32-22/h2-15,24-25H,16H2,1H3,(H,28,34)/t24-,25-/m1/s1. The Bertz CT molecular complexity index is 1340. The molecule has 7 nitrogen and oxygen atoms in total. The highest BCUT2D eigenvalue weighted by Gasteiger charge is 2.42. The Balaban J connectivity index is 1.48. The van der Waals surface area contributed by atoms with Crippen LogP contribution in [0.1, 0.15) is 23.5 Å². The number of fused-ring (bicyclic) bond motifs is 1. The van der Waals surface area contributed by atoms with Gasteiger partial charge < -0.3 is 29.0 Å². The molecule has 0 aliphatic carbocycles. The van der Waals surface area contributed by atoms with E-state index in [9.17, 15) is 0 Å². The number of anilines is 1. The minimum atomic E-state index is -0.153. The van der Waals surface area contributed by atoms with Crippen LogP contribution in [0.4, 0.5) is 5.69 Å². The van der Waals surface area contributed by atoms with Crippen molar-refractivity contribution in [2.45, 2.75) is 12.1 Å². The van der Waals surface area contributed by atoms with Crippen molar-refractivity contribution in [2.75, 3.05) is 18.8 Å². The summed E-state index contributed by atoms with van der Waals surface area (Å²) in [5.74, 6) is 2.27. The monoisotopic (exact) mass is 470 g/mol. The number of methoxy groups -OCH3 is 1. The summed E-state index contributed by atoms with van der Waals surface area (Å²) in [5.41, 5.74) is 3.95. The molecule has 1 fully saturated rings. The summed E-state index contributed by atoms with van der Waals surface area (Å²) in [6, 6.07) is 23.7. The molecule has 0 amide bonds. The predicted octanol–water partition coefficient (Wildman–Crippen LogP) is 4.79. The largest absolute Gasteiger partial charge is 0.497 e. The van der Waals surface area contributed by atoms with Crippen LogP contribution in [-0.2, 0) is 0 Å². The maximum atomic E-state index is 5.86. The molecule has 2 aliphatic heterocycles. The van der Waals surface area contributed by atoms with Gasteiger partial charge in [0.15, 0.2) is 16.6 Å². The van der Waals surface area contributed by atoms with Crippen LogP contribution in [0.2, 0.25) is 0 Å². The van der Waals surface area contributed by atoms with Crippen molar-refractivity contribution < 1.29 is 14.2 Å². The maximum Gasteiger partial charge on any atom is 0.231 e. The Labute approximate surface area is 202 Å². The van der Waals surface area contributed by atoms with Crippen molar-refractivity contribution in [3.8, 4) is 22.9 Å². The fourth-order valence-corrected chi connectivity index (χ4v) is 4.93. The van der Waals surface area contributed by atoms with Crippen LogP contribution in [0.15, 0.2) is 85.2 Å². The van der Waals surface area contributed by atoms with Gasteiger partial charge in [-0.25, -0.2) is 0 Å². The van der Waals surface area contributed by atoms with E-state index in [1.807, 2.05) is 72.9 Å². The number of benzene rings is 2. The van der Waals surface area contributed by atoms with E-state index in [-0.39, 0.29) is 18.9 Å². The van der Waals surface area contributed by atoms with Gasteiger partial charge >= 0.3 is 0 Å². The average molecular weight is 471 g/mol. The number of nitrogens with zero attached hydrogens (tertiary/aromatic N) is 3. The molecule has 2 atom stereocenters. The molecule has 1 saturated heterocycles. The van der Waals surface area contributed by atoms with Crippen LogP contribution in [0.5, 0.6) is 17.2 Å². The van der Waals surface area contributed by atoms with Crippen molar-refractivity contribution in [3.05, 3.63) is 96.6 Å². The lowest BCUT2D eigenvalue weighted by Crippen LogP contribution is -2.30. The molecule has 8 heteroatoms. The molecule has 2 aliphatic rings. The van der Waals surface area contributed by atoms with E-state index in [4.69, 9.17) is 26.4 Å². The topological polar surface area (TPSA) is 60.8 Å². The second kappa shape index (κ2) is 8.39. The van der Waals surface area contributed by atoms with Gasteiger partial charge in [0.05, 0.1) is 18.8 Å². The third-order valence-electron chi connectivity index (χ3n) is 6.17. The van der Waals surface area contributed by atoms with E-state index in [0.29, 0.717) is 10.9 Å². The summed E-state index contributed by atoms with van der Waals surface area (Å²) < 4.78 is 18.7. The van der Waals surface area contributed by atoms with Crippen molar-refractivity contribution >= 4 is 23.0 Å². The van der Waals surface area contributed by atoms with Crippen molar-refractivity contribution in [2.24, 2.45) is 0 Å². The van der Waals surface area contributed by atoms with Gasteiger partial charge in [0.1, 0.15) is 11.8 Å². The van der Waals surface area contributed by atoms with E-state index < -0.39 is 0 Å². The third kappa shape index (κ3) is 3.43. The van der Waals surface area contributed by atoms with Gasteiger partial charge in [-0.05, 0) is 72.9 Å². The van der Waals surface area contributed by atoms with Gasteiger partial charge in [-0.15, -0.1) is 0 Å². The van der Waals surface area contributed by atoms with Crippen LogP contribution in [0.3, 0.4) is 0 Å². The predicted molar refractivity (Wildman–Crippen MR) is 133 cm³/mol. The highest BCUT2D eigenvalue weighted by molar-refractivity contribution is 7.80. The van der Waals surface area contributed by atoms with Gasteiger partial charge in [0, 0.05) is 35.5 Å². The van der Waals surface area contributed by atoms with Gasteiger partial charge in [0.25, 0.3) is 0 Å². The van der Waals surface area contributed by atoms with Gasteiger partial charge in [0.2, 0.25) is 6.79 Å². The van der Waals surface area contributed by atoms with Crippen molar-refractivity contribution in [1.82, 2.24) is 14.9 Å². The Morgan fingerprint density at radius 3 is 2.59 bits per heavy atom. The number of thiocarbonyl (C=S) groups is 1. The summed E-state index contributed by atoms with van der Waals surface area (Å²) in [5, 5.41) is 4.14. The summed E-state index contributed by atoms with van der Waals surface area (Å²) in [4.78, 5) is 6.78. The van der Waals surface area contributed by atoms with E-state index in [1.165, 1.54) is 0 Å². The van der Waals surface area contributed by atoms with Crippen molar-refractivity contribution in [1.29, 1.82) is 0 Å². The molecule has 2 aromatic carbocycles. The number of pyridine rings is 1. The van der Waals surface area contributed by atoms with Crippen LogP contribution < -0.4 is 24.4 Å². The molecule has 2 aromatic heterocycles. The van der Waals surface area contributed by atoms with Crippen LogP contribution in [0, 0.1) is 0 Å². The van der Waals surface area contributed by atoms with Crippen LogP contribution in [0.25, 0.3) is 5.69 Å². The molecule has 1 N–H and O–H groups in total. The molecule has 34 heavy (non-hydrogen) atoms. The first-order chi connectivity index (χ1) is 16.7. The molecule has 0 saturated carbocycles. The lowest BCUT2D eigenvalue weighted by molar-refractivity contribution is 0.174. The second-order valence-electron chi connectivity index (χ2n) is 8.04. The van der Waals surface area contributed by atoms with E-state index in [2.05, 4.69) is 32.0 Å². The summed E-state index contributed by atoms with van der Waals surface area (Å²) in [7, 11) is 1.67. The summed E-state index contributed by atoms with van der Waals surface area (Å²) >= 11 is 5.86. The number of hydrogen-bond donors (Lipinski definition) is 1. The number of ether oxygens (including phenoxy) is 3. The Kier molecular flexibility index (Phi) is 5.07. The molecule has 4 heterocycles. The second-order valence-corrected chi connectivity index (χ2v) is 8.42. The molecular weight excluding hydrogens is 448 g/mol. The number of hydrogen-bond acceptors (Lipinski definition) is 5. The van der Waals surface area contributed by atoms with E-state index in [0.717, 1.165) is 34.3 Å². The fraction of sp³-hybridized carbons (Fsp3) is 0.154. The molecule has 0 bridgehead atoms. The minimum Gasteiger partial charge on any atom is -0.497 e. The maximum absolute atomic E-state index is 5.86. The van der Waals surface area contributed by atoms with E-state index in [1.54, 1.807) is 7.11 Å². The zero-order valence-electron chi connectivity index (χ0n) is 18.4. The Morgan fingerprint density at radius 1 is 0.971 bits per heavy atom. The highest BCUT2D eigenvalue weighted by atomic mass is 32.1. The average Bonchev–Trinajstić information content (AvgIpc) is 3.62. The van der Waals surface area contributed by atoms with Crippen molar-refractivity contribution in [3.63, 3.8) is 0 Å². The molecule has 4 aromatic rings. The number of nitrogens with one attached hydrogen (secondary N) is 1. The van der Waals surface area contributed by atoms with Gasteiger partial charge in [-0.1, -0.05) is 6.07 Å². The Hall–Kier alpha value is -4.04. The van der Waals surface area contributed by atoms with Gasteiger partial charge in [-0.3, -0.25) is 4.98 Å².